The molecule has 6 rings (SSSR count). The minimum Gasteiger partial charge on any atom is -0.493 e. The van der Waals surface area contributed by atoms with Crippen molar-refractivity contribution in [2.75, 3.05) is 64.8 Å². The number of carbonyl (C=O) groups is 3. The third-order valence-corrected chi connectivity index (χ3v) is 13.2. The van der Waals surface area contributed by atoms with Crippen molar-refractivity contribution >= 4 is 41.1 Å². The second-order valence-corrected chi connectivity index (χ2v) is 17.8. The normalized spacial score (nSPS) is 17.4. The standard InChI is InChI=1S/C39H52FN7O7S.C8H18/c1-51-31-21-25-20-29-37(28(25)23-32(31)52-2)47(46-38(29)43-27-9-7-8-26(40)22-27)15-17-54-19-18-53-16-14-42-35(49)12-5-6-13-41-34(48)11-4-3-10-33-36-30(24-55-33)44-39(50)45-36;1-4-6-7-8(3)5-2/h7-9,21-23,30,33,36H,3-6,10-20,24H2,1-2H3,(H,41,48)(H,42,49)(H,43,46)(H2,44,45,50);8H,4-7H2,1-3H3. The van der Waals surface area contributed by atoms with Gasteiger partial charge in [0, 0.05) is 60.2 Å². The summed E-state index contributed by atoms with van der Waals surface area (Å²) in [6, 6.07) is 10.6. The summed E-state index contributed by atoms with van der Waals surface area (Å²) >= 11 is 1.89. The van der Waals surface area contributed by atoms with Crippen molar-refractivity contribution < 1.29 is 37.7 Å². The lowest BCUT2D eigenvalue weighted by Crippen LogP contribution is -2.36. The van der Waals surface area contributed by atoms with Gasteiger partial charge in [-0.05, 0) is 67.5 Å². The number of methoxy groups -OCH3 is 2. The Bertz CT molecular complexity index is 1920. The van der Waals surface area contributed by atoms with Gasteiger partial charge in [-0.15, -0.1) is 0 Å². The van der Waals surface area contributed by atoms with Crippen LogP contribution in [-0.4, -0.2) is 104 Å². The van der Waals surface area contributed by atoms with Gasteiger partial charge in [-0.25, -0.2) is 9.18 Å². The first-order chi connectivity index (χ1) is 30.6. The Balaban J connectivity index is 0.000000852. The Hall–Kier alpha value is -4.54. The van der Waals surface area contributed by atoms with E-state index < -0.39 is 0 Å². The molecule has 63 heavy (non-hydrogen) atoms. The van der Waals surface area contributed by atoms with E-state index >= 15 is 0 Å². The number of urea groups is 1. The summed E-state index contributed by atoms with van der Waals surface area (Å²) in [5.41, 5.74) is 4.65. The molecule has 0 saturated carbocycles. The van der Waals surface area contributed by atoms with Crippen LogP contribution in [0.4, 0.5) is 20.7 Å². The predicted molar refractivity (Wildman–Crippen MR) is 248 cm³/mol. The second kappa shape index (κ2) is 26.3. The molecule has 1 aliphatic carbocycles. The third-order valence-electron chi connectivity index (χ3n) is 11.7. The summed E-state index contributed by atoms with van der Waals surface area (Å²) in [6.45, 7) is 9.85. The van der Waals surface area contributed by atoms with Crippen LogP contribution in [0.25, 0.3) is 11.3 Å². The minimum absolute atomic E-state index is 0.0394. The number of nitrogens with one attached hydrogen (secondary N) is 5. The number of benzene rings is 2. The Morgan fingerprint density at radius 1 is 0.921 bits per heavy atom. The zero-order chi connectivity index (χ0) is 45.0. The smallest absolute Gasteiger partial charge is 0.315 e. The van der Waals surface area contributed by atoms with Crippen LogP contribution in [0.1, 0.15) is 103 Å². The average Bonchev–Trinajstić information content (AvgIpc) is 4.04. The van der Waals surface area contributed by atoms with E-state index in [2.05, 4.69) is 47.4 Å². The quantitative estimate of drug-likeness (QED) is 0.0295. The fourth-order valence-electron chi connectivity index (χ4n) is 7.99. The van der Waals surface area contributed by atoms with Gasteiger partial charge in [0.25, 0.3) is 0 Å². The SMILES string of the molecule is CCCCC(C)CC.COc1cc2c(cc1OC)-c1c(c(Nc3cccc(F)c3)nn1CCOCCOCCNC(=O)CCCCNC(=O)CCCCC1SCC3NC(=O)NC31)C2. The molecule has 2 fully saturated rings. The van der Waals surface area contributed by atoms with Gasteiger partial charge < -0.3 is 45.5 Å². The van der Waals surface area contributed by atoms with Crippen LogP contribution in [0, 0.1) is 11.7 Å². The molecule has 0 spiro atoms. The summed E-state index contributed by atoms with van der Waals surface area (Å²) < 4.78 is 38.4. The van der Waals surface area contributed by atoms with E-state index in [4.69, 9.17) is 24.0 Å². The summed E-state index contributed by atoms with van der Waals surface area (Å²) in [6.07, 6.45) is 11.3. The van der Waals surface area contributed by atoms with E-state index in [1.54, 1.807) is 26.4 Å². The number of fused-ring (bicyclic) bond motifs is 4. The zero-order valence-electron chi connectivity index (χ0n) is 38.0. The Kier molecular flexibility index (Phi) is 20.7. The van der Waals surface area contributed by atoms with Crippen molar-refractivity contribution in [3.05, 3.63) is 53.3 Å². The topological polar surface area (TPSA) is 166 Å². The molecule has 4 amide bonds. The van der Waals surface area contributed by atoms with Crippen LogP contribution >= 0.6 is 11.8 Å². The number of nitrogens with zero attached hydrogens (tertiary/aromatic N) is 2. The molecule has 5 N–H and O–H groups in total. The van der Waals surface area contributed by atoms with Gasteiger partial charge >= 0.3 is 6.03 Å². The number of halogens is 1. The minimum atomic E-state index is -0.331. The lowest BCUT2D eigenvalue weighted by atomic mass is 10.0. The highest BCUT2D eigenvalue weighted by molar-refractivity contribution is 8.00. The van der Waals surface area contributed by atoms with Gasteiger partial charge in [0.05, 0.1) is 65.0 Å². The zero-order valence-corrected chi connectivity index (χ0v) is 38.8. The summed E-state index contributed by atoms with van der Waals surface area (Å²) in [7, 11) is 3.22. The maximum absolute atomic E-state index is 13.9. The molecule has 3 aliphatic rings. The first kappa shape index (κ1) is 49.5. The first-order valence-corrected chi connectivity index (χ1v) is 23.9. The molecule has 348 valence electrons. The average molecular weight is 896 g/mol. The van der Waals surface area contributed by atoms with Gasteiger partial charge in [-0.1, -0.05) is 58.9 Å². The lowest BCUT2D eigenvalue weighted by Gasteiger charge is -2.16. The molecule has 2 saturated heterocycles. The molecular formula is C47H70FN7O7S. The molecule has 16 heteroatoms. The van der Waals surface area contributed by atoms with Crippen LogP contribution < -0.4 is 36.1 Å². The molecule has 2 aliphatic heterocycles. The van der Waals surface area contributed by atoms with Gasteiger partial charge in [-0.2, -0.15) is 16.9 Å². The number of hydrogen-bond acceptors (Lipinski definition) is 10. The molecule has 3 aromatic rings. The number of ether oxygens (including phenoxy) is 4. The lowest BCUT2D eigenvalue weighted by molar-refractivity contribution is -0.121. The van der Waals surface area contributed by atoms with Crippen molar-refractivity contribution in [3.8, 4) is 22.8 Å². The van der Waals surface area contributed by atoms with Crippen LogP contribution in [0.3, 0.4) is 0 Å². The molecule has 1 aromatic heterocycles. The second-order valence-electron chi connectivity index (χ2n) is 16.5. The summed E-state index contributed by atoms with van der Waals surface area (Å²) in [4.78, 5) is 35.9. The molecule has 4 atom stereocenters. The molecule has 3 heterocycles. The van der Waals surface area contributed by atoms with Crippen molar-refractivity contribution in [3.63, 3.8) is 0 Å². The monoisotopic (exact) mass is 896 g/mol. The summed E-state index contributed by atoms with van der Waals surface area (Å²) in [5.74, 6) is 3.51. The molecule has 4 unspecified atom stereocenters. The highest BCUT2D eigenvalue weighted by Gasteiger charge is 2.42. The Labute approximate surface area is 377 Å². The first-order valence-electron chi connectivity index (χ1n) is 22.9. The predicted octanol–water partition coefficient (Wildman–Crippen LogP) is 7.74. The number of carbonyl (C=O) groups excluding carboxylic acids is 3. The van der Waals surface area contributed by atoms with Gasteiger partial charge in [0.15, 0.2) is 17.3 Å². The van der Waals surface area contributed by atoms with E-state index in [1.807, 2.05) is 28.6 Å². The third kappa shape index (κ3) is 15.3. The van der Waals surface area contributed by atoms with Gasteiger partial charge in [0.2, 0.25) is 11.8 Å². The Morgan fingerprint density at radius 3 is 2.38 bits per heavy atom. The number of hydrogen-bond donors (Lipinski definition) is 5. The fourth-order valence-corrected chi connectivity index (χ4v) is 9.54. The largest absolute Gasteiger partial charge is 0.493 e. The van der Waals surface area contributed by atoms with Crippen molar-refractivity contribution in [2.24, 2.45) is 5.92 Å². The number of unbranched alkanes of at least 4 members (excludes halogenated alkanes) is 3. The van der Waals surface area contributed by atoms with E-state index in [0.29, 0.717) is 100.0 Å². The molecule has 0 radical (unpaired) electrons. The number of amides is 4. The van der Waals surface area contributed by atoms with Crippen LogP contribution in [0.2, 0.25) is 0 Å². The number of anilines is 2. The van der Waals surface area contributed by atoms with Gasteiger partial charge in [-0.3, -0.25) is 14.3 Å². The van der Waals surface area contributed by atoms with Crippen molar-refractivity contribution in [1.82, 2.24) is 31.0 Å². The highest BCUT2D eigenvalue weighted by atomic mass is 32.2. The van der Waals surface area contributed by atoms with E-state index in [9.17, 15) is 18.8 Å². The van der Waals surface area contributed by atoms with Crippen molar-refractivity contribution in [1.29, 1.82) is 0 Å². The maximum atomic E-state index is 13.9. The number of thioether (sulfide) groups is 1. The highest BCUT2D eigenvalue weighted by Crippen LogP contribution is 2.45. The summed E-state index contributed by atoms with van der Waals surface area (Å²) in [5, 5.41) is 20.3. The van der Waals surface area contributed by atoms with Crippen LogP contribution in [0.5, 0.6) is 11.5 Å². The molecular weight excluding hydrogens is 826 g/mol. The van der Waals surface area contributed by atoms with Crippen LogP contribution in [0.15, 0.2) is 36.4 Å². The molecule has 14 nitrogen and oxygen atoms in total. The molecule has 2 aromatic carbocycles. The van der Waals surface area contributed by atoms with Crippen molar-refractivity contribution in [2.45, 2.75) is 122 Å². The van der Waals surface area contributed by atoms with E-state index in [1.165, 1.54) is 37.8 Å². The Morgan fingerprint density at radius 2 is 1.65 bits per heavy atom. The van der Waals surface area contributed by atoms with E-state index in [0.717, 1.165) is 59.7 Å². The van der Waals surface area contributed by atoms with Crippen LogP contribution in [-0.2, 0) is 32.0 Å². The molecule has 0 bridgehead atoms. The van der Waals surface area contributed by atoms with Gasteiger partial charge in [0.1, 0.15) is 5.82 Å². The van der Waals surface area contributed by atoms with E-state index in [-0.39, 0.29) is 35.7 Å². The number of rotatable bonds is 27. The fraction of sp³-hybridized carbons (Fsp3) is 0.617. The maximum Gasteiger partial charge on any atom is 0.315 e. The number of aromatic nitrogens is 2.